The van der Waals surface area contributed by atoms with Gasteiger partial charge in [-0.2, -0.15) is 0 Å². The van der Waals surface area contributed by atoms with Crippen molar-refractivity contribution in [3.05, 3.63) is 50.7 Å². The Morgan fingerprint density at radius 3 is 2.53 bits per heavy atom. The summed E-state index contributed by atoms with van der Waals surface area (Å²) in [5, 5.41) is 0. The highest BCUT2D eigenvalue weighted by Crippen LogP contribution is 2.27. The summed E-state index contributed by atoms with van der Waals surface area (Å²) >= 11 is 0. The number of nitrogens with two attached hydrogens (primary N) is 1. The van der Waals surface area contributed by atoms with E-state index in [0.717, 1.165) is 19.3 Å². The monoisotopic (exact) mass is 491 g/mol. The molecule has 186 valence electrons. The number of hydrogen-bond donors (Lipinski definition) is 2. The van der Waals surface area contributed by atoms with E-state index in [1.54, 1.807) is 18.2 Å². The average molecular weight is 492 g/mol. The van der Waals surface area contributed by atoms with Crippen LogP contribution in [0.2, 0.25) is 0 Å². The maximum absolute atomic E-state index is 13.6. The molecule has 1 aromatic carbocycles. The molecular weight excluding hydrogens is 458 g/mol. The van der Waals surface area contributed by atoms with Crippen molar-refractivity contribution in [1.29, 1.82) is 0 Å². The number of aromatic nitrogens is 2. The average Bonchev–Trinajstić information content (AvgIpc) is 3.16. The van der Waals surface area contributed by atoms with Gasteiger partial charge in [-0.3, -0.25) is 23.4 Å². The van der Waals surface area contributed by atoms with Gasteiger partial charge in [0.05, 0.1) is 11.4 Å². The van der Waals surface area contributed by atoms with Crippen LogP contribution in [0.1, 0.15) is 62.7 Å². The number of rotatable bonds is 10. The van der Waals surface area contributed by atoms with Gasteiger partial charge in [0.2, 0.25) is 10.0 Å². The molecule has 2 heterocycles. The minimum Gasteiger partial charge on any atom is -0.383 e. The standard InChI is InChI=1S/C23H33N5O5S/c1-3-5-7-13-26(19-20(24)27(12-6-4-2)23(31)25-21(19)29)22(30)17-10-8-11-18(16-17)28-14-9-15-34(28,32)33/h8,10-11,16H,3-7,9,12-15,24H2,1-2H3,(H,25,29,31). The molecular formula is C23H33N5O5S. The largest absolute Gasteiger partial charge is 0.383 e. The highest BCUT2D eigenvalue weighted by atomic mass is 32.2. The number of carbonyl (C=O) groups excluding carboxylic acids is 1. The zero-order valence-electron chi connectivity index (χ0n) is 19.7. The molecule has 0 spiro atoms. The van der Waals surface area contributed by atoms with Gasteiger partial charge in [-0.15, -0.1) is 0 Å². The van der Waals surface area contributed by atoms with E-state index in [9.17, 15) is 22.8 Å². The Labute approximate surface area is 199 Å². The number of aromatic amines is 1. The number of anilines is 3. The molecule has 1 aliphatic heterocycles. The lowest BCUT2D eigenvalue weighted by Gasteiger charge is -2.25. The van der Waals surface area contributed by atoms with E-state index in [-0.39, 0.29) is 29.4 Å². The van der Waals surface area contributed by atoms with Crippen molar-refractivity contribution in [2.75, 3.05) is 33.8 Å². The topological polar surface area (TPSA) is 139 Å². The smallest absolute Gasteiger partial charge is 0.330 e. The second kappa shape index (κ2) is 10.9. The van der Waals surface area contributed by atoms with Crippen molar-refractivity contribution in [2.24, 2.45) is 0 Å². The van der Waals surface area contributed by atoms with E-state index in [1.165, 1.54) is 19.8 Å². The van der Waals surface area contributed by atoms with Crippen LogP contribution in [0, 0.1) is 0 Å². The Kier molecular flexibility index (Phi) is 8.19. The first-order chi connectivity index (χ1) is 16.2. The number of H-pyrrole nitrogens is 1. The lowest BCUT2D eigenvalue weighted by Crippen LogP contribution is -2.41. The van der Waals surface area contributed by atoms with Crippen LogP contribution in [0.25, 0.3) is 0 Å². The van der Waals surface area contributed by atoms with Gasteiger partial charge in [0.25, 0.3) is 11.5 Å². The Hall–Kier alpha value is -3.08. The molecule has 0 aliphatic carbocycles. The molecule has 11 heteroatoms. The second-order valence-electron chi connectivity index (χ2n) is 8.45. The third-order valence-electron chi connectivity index (χ3n) is 5.93. The number of nitrogen functional groups attached to an aromatic ring is 1. The number of hydrogen-bond acceptors (Lipinski definition) is 6. The maximum atomic E-state index is 13.6. The molecule has 0 bridgehead atoms. The molecule has 3 rings (SSSR count). The van der Waals surface area contributed by atoms with Crippen molar-refractivity contribution >= 4 is 33.1 Å². The minimum atomic E-state index is -3.41. The number of carbonyl (C=O) groups is 1. The summed E-state index contributed by atoms with van der Waals surface area (Å²) in [6.07, 6.45) is 4.41. The van der Waals surface area contributed by atoms with Crippen LogP contribution in [0.5, 0.6) is 0 Å². The highest BCUT2D eigenvalue weighted by molar-refractivity contribution is 7.93. The molecule has 3 N–H and O–H groups in total. The molecule has 0 atom stereocenters. The van der Waals surface area contributed by atoms with Gasteiger partial charge < -0.3 is 10.6 Å². The summed E-state index contributed by atoms with van der Waals surface area (Å²) in [5.74, 6) is -0.461. The van der Waals surface area contributed by atoms with Crippen molar-refractivity contribution in [3.8, 4) is 0 Å². The van der Waals surface area contributed by atoms with E-state index in [1.807, 2.05) is 13.8 Å². The maximum Gasteiger partial charge on any atom is 0.330 e. The van der Waals surface area contributed by atoms with Crippen LogP contribution in [-0.2, 0) is 16.6 Å². The fraction of sp³-hybridized carbons (Fsp3) is 0.522. The summed E-state index contributed by atoms with van der Waals surface area (Å²) in [6.45, 7) is 4.91. The third kappa shape index (κ3) is 5.35. The predicted molar refractivity (Wildman–Crippen MR) is 134 cm³/mol. The first-order valence-corrected chi connectivity index (χ1v) is 13.4. The van der Waals surface area contributed by atoms with Crippen molar-refractivity contribution in [2.45, 2.75) is 58.9 Å². The van der Waals surface area contributed by atoms with Crippen LogP contribution < -0.4 is 26.2 Å². The van der Waals surface area contributed by atoms with Gasteiger partial charge in [0, 0.05) is 25.2 Å². The summed E-state index contributed by atoms with van der Waals surface area (Å²) in [4.78, 5) is 42.4. The Bertz CT molecular complexity index is 1250. The summed E-state index contributed by atoms with van der Waals surface area (Å²) in [6, 6.07) is 6.37. The molecule has 2 aromatic rings. The van der Waals surface area contributed by atoms with Crippen LogP contribution >= 0.6 is 0 Å². The predicted octanol–water partition coefficient (Wildman–Crippen LogP) is 2.30. The minimum absolute atomic E-state index is 0.0506. The van der Waals surface area contributed by atoms with E-state index < -0.39 is 27.2 Å². The van der Waals surface area contributed by atoms with Gasteiger partial charge >= 0.3 is 5.69 Å². The van der Waals surface area contributed by atoms with Crippen LogP contribution in [0.3, 0.4) is 0 Å². The van der Waals surface area contributed by atoms with Crippen molar-refractivity contribution in [3.63, 3.8) is 0 Å². The molecule has 0 unspecified atom stereocenters. The first-order valence-electron chi connectivity index (χ1n) is 11.8. The van der Waals surface area contributed by atoms with Gasteiger partial charge in [0.15, 0.2) is 5.69 Å². The summed E-state index contributed by atoms with van der Waals surface area (Å²) < 4.78 is 27.3. The molecule has 1 aliphatic rings. The third-order valence-corrected chi connectivity index (χ3v) is 7.80. The van der Waals surface area contributed by atoms with Gasteiger partial charge in [-0.25, -0.2) is 13.2 Å². The molecule has 1 saturated heterocycles. The van der Waals surface area contributed by atoms with E-state index in [4.69, 9.17) is 5.73 Å². The SMILES string of the molecule is CCCCCN(C(=O)c1cccc(N2CCCS2(=O)=O)c1)c1c(N)n(CCCC)c(=O)[nH]c1=O. The lowest BCUT2D eigenvalue weighted by atomic mass is 10.1. The molecule has 10 nitrogen and oxygen atoms in total. The van der Waals surface area contributed by atoms with Crippen molar-refractivity contribution in [1.82, 2.24) is 9.55 Å². The first kappa shape index (κ1) is 25.5. The summed E-state index contributed by atoms with van der Waals surface area (Å²) in [5.41, 5.74) is 5.53. The van der Waals surface area contributed by atoms with Crippen LogP contribution in [0.15, 0.2) is 33.9 Å². The molecule has 1 aromatic heterocycles. The second-order valence-corrected chi connectivity index (χ2v) is 10.5. The quantitative estimate of drug-likeness (QED) is 0.489. The van der Waals surface area contributed by atoms with E-state index in [0.29, 0.717) is 38.0 Å². The zero-order valence-corrected chi connectivity index (χ0v) is 20.6. The number of benzene rings is 1. The Balaban J connectivity index is 2.06. The van der Waals surface area contributed by atoms with E-state index in [2.05, 4.69) is 4.98 Å². The molecule has 34 heavy (non-hydrogen) atoms. The molecule has 0 radical (unpaired) electrons. The lowest BCUT2D eigenvalue weighted by molar-refractivity contribution is 0.0986. The fourth-order valence-corrected chi connectivity index (χ4v) is 5.65. The van der Waals surface area contributed by atoms with Crippen LogP contribution in [0.4, 0.5) is 17.2 Å². The number of sulfonamides is 1. The Morgan fingerprint density at radius 2 is 1.88 bits per heavy atom. The zero-order chi connectivity index (χ0) is 24.9. The number of unbranched alkanes of at least 4 members (excludes halogenated alkanes) is 3. The van der Waals surface area contributed by atoms with Gasteiger partial charge in [-0.05, 0) is 37.5 Å². The van der Waals surface area contributed by atoms with E-state index >= 15 is 0 Å². The molecule has 1 amide bonds. The van der Waals surface area contributed by atoms with Gasteiger partial charge in [-0.1, -0.05) is 39.2 Å². The van der Waals surface area contributed by atoms with Crippen molar-refractivity contribution < 1.29 is 13.2 Å². The fourth-order valence-electron chi connectivity index (χ4n) is 4.09. The van der Waals surface area contributed by atoms with Gasteiger partial charge in [0.1, 0.15) is 5.82 Å². The Morgan fingerprint density at radius 1 is 1.15 bits per heavy atom. The molecule has 0 saturated carbocycles. The summed E-state index contributed by atoms with van der Waals surface area (Å²) in [7, 11) is -3.41. The van der Waals surface area contributed by atoms with Crippen LogP contribution in [-0.4, -0.2) is 42.7 Å². The number of nitrogens with one attached hydrogen (secondary N) is 1. The normalized spacial score (nSPS) is 14.9. The number of nitrogens with zero attached hydrogens (tertiary/aromatic N) is 3. The highest BCUT2D eigenvalue weighted by Gasteiger charge is 2.30. The number of amides is 1. The molecule has 1 fully saturated rings.